The topological polar surface area (TPSA) is 181 Å². The number of aromatic nitrogens is 5. The number of halogens is 2. The van der Waals surface area contributed by atoms with E-state index in [4.69, 9.17) is 66.8 Å². The number of anilines is 4. The van der Waals surface area contributed by atoms with Crippen LogP contribution >= 0.6 is 11.6 Å². The fraction of sp³-hybridized carbons (Fsp3) is 0.475. The fourth-order valence-electron chi connectivity index (χ4n) is 12.0. The summed E-state index contributed by atoms with van der Waals surface area (Å²) in [4.78, 5) is 67.7. The second-order valence-electron chi connectivity index (χ2n) is 21.7. The molecule has 4 fully saturated rings. The zero-order valence-corrected chi connectivity index (χ0v) is 47.9. The van der Waals surface area contributed by atoms with E-state index in [0.717, 1.165) is 70.4 Å². The second-order valence-corrected chi connectivity index (χ2v) is 22.1. The Labute approximate surface area is 488 Å². The first-order valence-electron chi connectivity index (χ1n) is 28.8. The van der Waals surface area contributed by atoms with Gasteiger partial charge in [0.15, 0.2) is 11.5 Å². The highest BCUT2D eigenvalue weighted by Crippen LogP contribution is 2.38. The predicted molar refractivity (Wildman–Crippen MR) is 317 cm³/mol. The van der Waals surface area contributed by atoms with Crippen molar-refractivity contribution in [3.05, 3.63) is 118 Å². The van der Waals surface area contributed by atoms with Crippen molar-refractivity contribution in [2.75, 3.05) is 145 Å². The number of hydrogen-bond acceptors (Lipinski definition) is 17. The molecule has 8 heterocycles. The van der Waals surface area contributed by atoms with Gasteiger partial charge in [-0.25, -0.2) is 15.9 Å². The Bertz CT molecular complexity index is 3370. The third kappa shape index (κ3) is 13.1. The molecule has 4 atom stereocenters. The van der Waals surface area contributed by atoms with Crippen LogP contribution in [0.1, 0.15) is 48.3 Å². The van der Waals surface area contributed by atoms with E-state index >= 15 is 0 Å². The van der Waals surface area contributed by atoms with Crippen molar-refractivity contribution in [1.82, 2.24) is 40.0 Å². The number of carbonyl (C=O) groups is 2. The Hall–Kier alpha value is -7.32. The minimum absolute atomic E-state index is 0.0194. The molecule has 0 aliphatic carbocycles. The van der Waals surface area contributed by atoms with Gasteiger partial charge in [-0.2, -0.15) is 19.9 Å². The number of fused-ring (bicyclic) bond motifs is 3. The lowest BCUT2D eigenvalue weighted by atomic mass is 10.0. The number of morpholine rings is 2. The fourth-order valence-corrected chi connectivity index (χ4v) is 12.2. The van der Waals surface area contributed by atoms with Crippen LogP contribution in [0, 0.1) is 6.57 Å². The summed E-state index contributed by atoms with van der Waals surface area (Å²) in [5, 5.41) is 6.56. The Morgan fingerprint density at radius 2 is 1.61 bits per heavy atom. The molecule has 1 N–H and O–H groups in total. The van der Waals surface area contributed by atoms with Gasteiger partial charge in [0.1, 0.15) is 24.3 Å². The van der Waals surface area contributed by atoms with Gasteiger partial charge in [0.25, 0.3) is 11.8 Å². The molecule has 436 valence electrons. The van der Waals surface area contributed by atoms with Crippen LogP contribution in [-0.4, -0.2) is 196 Å². The summed E-state index contributed by atoms with van der Waals surface area (Å²) < 4.78 is 44.0. The first-order chi connectivity index (χ1) is 40.5. The minimum atomic E-state index is -1.04. The highest BCUT2D eigenvalue weighted by molar-refractivity contribution is 6.36. The van der Waals surface area contributed by atoms with Gasteiger partial charge < -0.3 is 58.3 Å². The average Bonchev–Trinajstić information content (AvgIpc) is 3.91. The number of amides is 2. The molecule has 0 saturated carbocycles. The first kappa shape index (κ1) is 57.5. The Morgan fingerprint density at radius 3 is 2.41 bits per heavy atom. The monoisotopic (exact) mass is 1150 g/mol. The molecule has 0 unspecified atom stereocenters. The lowest BCUT2D eigenvalue weighted by Crippen LogP contribution is -2.57. The van der Waals surface area contributed by atoms with Crippen molar-refractivity contribution in [1.29, 1.82) is 0 Å². The molecule has 3 aromatic heterocycles. The van der Waals surface area contributed by atoms with E-state index in [0.29, 0.717) is 145 Å². The van der Waals surface area contributed by atoms with E-state index in [-0.39, 0.29) is 43.1 Å². The van der Waals surface area contributed by atoms with Gasteiger partial charge in [-0.05, 0) is 81.4 Å². The second kappa shape index (κ2) is 26.5. The molecule has 0 radical (unpaired) electrons. The summed E-state index contributed by atoms with van der Waals surface area (Å²) in [5.74, 6) is 0.148. The Kier molecular flexibility index (Phi) is 18.4. The zero-order chi connectivity index (χ0) is 57.4. The van der Waals surface area contributed by atoms with E-state index < -0.39 is 17.8 Å². The zero-order valence-electron chi connectivity index (χ0n) is 47.2. The summed E-state index contributed by atoms with van der Waals surface area (Å²) in [6, 6.07) is 23.6. The molecule has 0 bridgehead atoms. The van der Waals surface area contributed by atoms with Gasteiger partial charge in [0, 0.05) is 86.2 Å². The number of hydrogen-bond donors (Lipinski definition) is 1. The summed E-state index contributed by atoms with van der Waals surface area (Å²) >= 11 is 6.80. The quantitative estimate of drug-likeness (QED) is 0.0467. The van der Waals surface area contributed by atoms with Gasteiger partial charge in [-0.1, -0.05) is 54.6 Å². The van der Waals surface area contributed by atoms with Crippen LogP contribution < -0.4 is 29.7 Å². The summed E-state index contributed by atoms with van der Waals surface area (Å²) in [7, 11) is 0. The molecular formula is C61H71ClFN13O7. The predicted octanol–water partition coefficient (Wildman–Crippen LogP) is 7.03. The summed E-state index contributed by atoms with van der Waals surface area (Å²) in [6.07, 6.45) is 2.61. The maximum Gasteiger partial charge on any atom is 0.318 e. The van der Waals surface area contributed by atoms with Crippen LogP contribution in [0.3, 0.4) is 0 Å². The molecule has 22 heteroatoms. The summed E-state index contributed by atoms with van der Waals surface area (Å²) in [5.41, 5.74) is 5.45. The van der Waals surface area contributed by atoms with E-state index in [1.54, 1.807) is 6.07 Å². The van der Waals surface area contributed by atoms with Crippen LogP contribution in [0.25, 0.3) is 37.9 Å². The van der Waals surface area contributed by atoms with Gasteiger partial charge >= 0.3 is 6.01 Å². The number of nitrogens with one attached hydrogen (secondary N) is 1. The van der Waals surface area contributed by atoms with E-state index in [1.807, 2.05) is 48.5 Å². The van der Waals surface area contributed by atoms with Gasteiger partial charge in [-0.3, -0.25) is 14.5 Å². The number of benzene rings is 3. The van der Waals surface area contributed by atoms with Crippen LogP contribution in [0.15, 0.2) is 85.2 Å². The molecule has 5 aliphatic heterocycles. The highest BCUT2D eigenvalue weighted by Gasteiger charge is 2.37. The standard InChI is InChI=1S/C61H71ClFN13O7/c1-40-37-81-29-25-74(40)57-49-16-17-51(66-55(49)68-60(69-57)75-26-30-82-38-41(75)2)44-11-5-12-45(33-44)58(77)65-19-27-79-31-32-80-28-24-71-20-8-13-46(71)39-83-61-67-52-36-72(53-15-7-10-43-9-6-14-50(62)54(43)53)21-18-48(52)56(70-61)73-22-23-76(59(78)42(3)63)47(35-73)34-64-4/h5-7,9-12,14-17,33,40-41,46-47H,3,8,13,18-32,34-39H2,1-2H3,(H,65,77)/t40-,41-,46+,47+/m1/s1. The van der Waals surface area contributed by atoms with Crippen molar-refractivity contribution in [2.24, 2.45) is 0 Å². The van der Waals surface area contributed by atoms with Crippen molar-refractivity contribution < 1.29 is 37.7 Å². The molecule has 3 aromatic carbocycles. The molecule has 6 aromatic rings. The van der Waals surface area contributed by atoms with Crippen molar-refractivity contribution in [3.8, 4) is 17.3 Å². The number of nitrogens with zero attached hydrogens (tertiary/aromatic N) is 12. The van der Waals surface area contributed by atoms with Crippen molar-refractivity contribution in [2.45, 2.75) is 63.8 Å². The molecule has 2 amide bonds. The van der Waals surface area contributed by atoms with Crippen molar-refractivity contribution >= 4 is 68.5 Å². The number of carbonyl (C=O) groups excluding carboxylic acids is 2. The third-order valence-electron chi connectivity index (χ3n) is 16.3. The molecule has 20 nitrogen and oxygen atoms in total. The maximum absolute atomic E-state index is 14.1. The van der Waals surface area contributed by atoms with Gasteiger partial charge in [0.05, 0.1) is 93.3 Å². The molecule has 11 rings (SSSR count). The first-order valence-corrected chi connectivity index (χ1v) is 29.2. The smallest absolute Gasteiger partial charge is 0.318 e. The molecule has 5 aliphatic rings. The van der Waals surface area contributed by atoms with Crippen LogP contribution in [-0.2, 0) is 36.7 Å². The maximum atomic E-state index is 14.1. The molecular weight excluding hydrogens is 1080 g/mol. The Morgan fingerprint density at radius 1 is 0.831 bits per heavy atom. The largest absolute Gasteiger partial charge is 0.462 e. The number of rotatable bonds is 20. The van der Waals surface area contributed by atoms with E-state index in [1.165, 1.54) is 4.90 Å². The lowest BCUT2D eigenvalue weighted by molar-refractivity contribution is -0.131. The Balaban J connectivity index is 0.663. The van der Waals surface area contributed by atoms with Gasteiger partial charge in [-0.15, -0.1) is 0 Å². The number of likely N-dealkylation sites (tertiary alicyclic amines) is 1. The molecule has 4 saturated heterocycles. The van der Waals surface area contributed by atoms with E-state index in [9.17, 15) is 14.0 Å². The minimum Gasteiger partial charge on any atom is -0.462 e. The average molecular weight is 1150 g/mol. The third-order valence-corrected chi connectivity index (χ3v) is 16.6. The normalized spacial score (nSPS) is 20.4. The molecule has 83 heavy (non-hydrogen) atoms. The molecule has 0 spiro atoms. The highest BCUT2D eigenvalue weighted by atomic mass is 35.5. The van der Waals surface area contributed by atoms with Crippen LogP contribution in [0.2, 0.25) is 5.02 Å². The lowest BCUT2D eigenvalue weighted by Gasteiger charge is -2.41. The summed E-state index contributed by atoms with van der Waals surface area (Å²) in [6.45, 7) is 25.0. The van der Waals surface area contributed by atoms with Crippen LogP contribution in [0.5, 0.6) is 6.01 Å². The van der Waals surface area contributed by atoms with Crippen LogP contribution in [0.4, 0.5) is 27.7 Å². The number of pyridine rings is 1. The van der Waals surface area contributed by atoms with Crippen molar-refractivity contribution in [3.63, 3.8) is 0 Å². The number of piperazine rings is 1. The van der Waals surface area contributed by atoms with Gasteiger partial charge in [0.2, 0.25) is 12.5 Å². The number of ether oxygens (including phenoxy) is 5. The SMILES string of the molecule is [C-]#[N+]C[C@H]1CN(c2nc(OC[C@@H]3CCCN3CCOCCOCCNC(=O)c3cccc(-c4ccc5c(N6CCOC[C@H]6C)nc(N6CCOC[C@H]6C)nc5n4)c3)nc3c2CCN(c2cccc4cccc(Cl)c24)C3)CCN1C(=O)C(=C)F. The van der Waals surface area contributed by atoms with E-state index in [2.05, 4.69) is 73.3 Å².